The summed E-state index contributed by atoms with van der Waals surface area (Å²) in [5, 5.41) is 0.728. The second-order valence-electron chi connectivity index (χ2n) is 6.25. The molecule has 3 aromatic carbocycles. The summed E-state index contributed by atoms with van der Waals surface area (Å²) in [4.78, 5) is 0. The number of hydrogen-bond acceptors (Lipinski definition) is 2. The highest BCUT2D eigenvalue weighted by molar-refractivity contribution is 14.1. The van der Waals surface area contributed by atoms with Crippen LogP contribution >= 0.6 is 34.2 Å². The molecule has 1 unspecified atom stereocenters. The standard InChI is InChI=1S/C21H17ClINO/c22-18-8-6-15(7-9-18)19-11-16(14-4-2-1-3-5-14)10-17-12-21(23,13-24)25-20(17)19/h1-11H,12-13,24H2. The Hall–Kier alpha value is -1.56. The third-order valence-corrected chi connectivity index (χ3v) is 5.77. The molecule has 0 spiro atoms. The average molecular weight is 462 g/mol. The van der Waals surface area contributed by atoms with Crippen molar-refractivity contribution in [2.24, 2.45) is 5.73 Å². The lowest BCUT2D eigenvalue weighted by molar-refractivity contribution is 0.224. The molecule has 1 atom stereocenters. The number of halogens is 2. The van der Waals surface area contributed by atoms with Gasteiger partial charge < -0.3 is 10.5 Å². The van der Waals surface area contributed by atoms with Crippen molar-refractivity contribution >= 4 is 34.2 Å². The Bertz CT molecular complexity index is 911. The summed E-state index contributed by atoms with van der Waals surface area (Å²) in [5.41, 5.74) is 11.7. The first kappa shape index (κ1) is 16.9. The van der Waals surface area contributed by atoms with Gasteiger partial charge in [-0.3, -0.25) is 0 Å². The van der Waals surface area contributed by atoms with Gasteiger partial charge in [0.15, 0.2) is 3.61 Å². The van der Waals surface area contributed by atoms with Crippen LogP contribution in [-0.2, 0) is 6.42 Å². The zero-order valence-corrected chi connectivity index (χ0v) is 16.4. The van der Waals surface area contributed by atoms with E-state index in [1.165, 1.54) is 16.7 Å². The van der Waals surface area contributed by atoms with E-state index in [0.29, 0.717) is 6.54 Å². The maximum absolute atomic E-state index is 6.28. The molecule has 1 aliphatic rings. The van der Waals surface area contributed by atoms with Gasteiger partial charge in [-0.15, -0.1) is 0 Å². The third kappa shape index (κ3) is 3.28. The summed E-state index contributed by atoms with van der Waals surface area (Å²) in [6.45, 7) is 0.475. The quantitative estimate of drug-likeness (QED) is 0.401. The Balaban J connectivity index is 1.90. The second-order valence-corrected chi connectivity index (χ2v) is 8.65. The van der Waals surface area contributed by atoms with Crippen LogP contribution in [0.5, 0.6) is 5.75 Å². The second kappa shape index (κ2) is 6.63. The third-order valence-electron chi connectivity index (χ3n) is 4.47. The van der Waals surface area contributed by atoms with Gasteiger partial charge in [0.2, 0.25) is 0 Å². The molecule has 0 bridgehead atoms. The van der Waals surface area contributed by atoms with Crippen LogP contribution in [0.2, 0.25) is 5.02 Å². The summed E-state index contributed by atoms with van der Waals surface area (Å²) < 4.78 is 5.90. The number of alkyl halides is 1. The molecular formula is C21H17ClINO. The van der Waals surface area contributed by atoms with Crippen LogP contribution in [-0.4, -0.2) is 10.2 Å². The molecule has 126 valence electrons. The van der Waals surface area contributed by atoms with Crippen LogP contribution in [0.4, 0.5) is 0 Å². The zero-order valence-electron chi connectivity index (χ0n) is 13.5. The number of hydrogen-bond donors (Lipinski definition) is 1. The predicted molar refractivity (Wildman–Crippen MR) is 112 cm³/mol. The molecule has 3 aromatic rings. The number of rotatable bonds is 3. The van der Waals surface area contributed by atoms with E-state index in [0.717, 1.165) is 28.3 Å². The first-order chi connectivity index (χ1) is 12.1. The van der Waals surface area contributed by atoms with Crippen molar-refractivity contribution in [1.29, 1.82) is 0 Å². The van der Waals surface area contributed by atoms with Crippen LogP contribution in [0.1, 0.15) is 5.56 Å². The van der Waals surface area contributed by atoms with Gasteiger partial charge in [0, 0.05) is 29.1 Å². The minimum absolute atomic E-state index is 0.378. The molecular weight excluding hydrogens is 445 g/mol. The van der Waals surface area contributed by atoms with Gasteiger partial charge in [0.1, 0.15) is 5.75 Å². The van der Waals surface area contributed by atoms with Gasteiger partial charge in [-0.1, -0.05) is 54.1 Å². The molecule has 0 aliphatic carbocycles. The topological polar surface area (TPSA) is 35.2 Å². The highest BCUT2D eigenvalue weighted by Crippen LogP contribution is 2.47. The summed E-state index contributed by atoms with van der Waals surface area (Å²) >= 11 is 8.39. The minimum Gasteiger partial charge on any atom is -0.474 e. The molecule has 25 heavy (non-hydrogen) atoms. The summed E-state index contributed by atoms with van der Waals surface area (Å²) in [6, 6.07) is 22.7. The molecule has 0 aromatic heterocycles. The van der Waals surface area contributed by atoms with Crippen molar-refractivity contribution in [1.82, 2.24) is 0 Å². The molecule has 0 fully saturated rings. The van der Waals surface area contributed by atoms with Crippen LogP contribution < -0.4 is 10.5 Å². The highest BCUT2D eigenvalue weighted by atomic mass is 127. The van der Waals surface area contributed by atoms with Crippen LogP contribution in [0.25, 0.3) is 22.3 Å². The van der Waals surface area contributed by atoms with Gasteiger partial charge in [-0.05, 0) is 63.5 Å². The van der Waals surface area contributed by atoms with Crippen molar-refractivity contribution in [3.8, 4) is 28.0 Å². The fourth-order valence-electron chi connectivity index (χ4n) is 3.20. The summed E-state index contributed by atoms with van der Waals surface area (Å²) in [5.74, 6) is 0.932. The van der Waals surface area contributed by atoms with E-state index in [9.17, 15) is 0 Å². The lowest BCUT2D eigenvalue weighted by Gasteiger charge is -2.20. The Labute approximate surface area is 166 Å². The van der Waals surface area contributed by atoms with Gasteiger partial charge in [0.25, 0.3) is 0 Å². The van der Waals surface area contributed by atoms with E-state index in [-0.39, 0.29) is 3.61 Å². The molecule has 1 aliphatic heterocycles. The molecule has 2 N–H and O–H groups in total. The van der Waals surface area contributed by atoms with Crippen molar-refractivity contribution in [2.45, 2.75) is 10.0 Å². The number of nitrogens with two attached hydrogens (primary N) is 1. The normalized spacial score (nSPS) is 18.7. The predicted octanol–water partition coefficient (Wildman–Crippen LogP) is 5.70. The van der Waals surface area contributed by atoms with E-state index < -0.39 is 0 Å². The van der Waals surface area contributed by atoms with Gasteiger partial charge in [0.05, 0.1) is 0 Å². The highest BCUT2D eigenvalue weighted by Gasteiger charge is 2.37. The first-order valence-corrected chi connectivity index (χ1v) is 9.60. The number of fused-ring (bicyclic) bond motifs is 1. The van der Waals surface area contributed by atoms with Crippen molar-refractivity contribution < 1.29 is 4.74 Å². The SMILES string of the molecule is NCC1(I)Cc2cc(-c3ccccc3)cc(-c3ccc(Cl)cc3)c2O1. The number of benzene rings is 3. The molecule has 0 radical (unpaired) electrons. The smallest absolute Gasteiger partial charge is 0.175 e. The minimum atomic E-state index is -0.378. The molecule has 0 saturated heterocycles. The van der Waals surface area contributed by atoms with Gasteiger partial charge in [-0.2, -0.15) is 0 Å². The molecule has 1 heterocycles. The van der Waals surface area contributed by atoms with Gasteiger partial charge >= 0.3 is 0 Å². The van der Waals surface area contributed by atoms with E-state index in [1.54, 1.807) is 0 Å². The van der Waals surface area contributed by atoms with Crippen LogP contribution in [0.15, 0.2) is 66.7 Å². The first-order valence-electron chi connectivity index (χ1n) is 8.14. The fourth-order valence-corrected chi connectivity index (χ4v) is 3.96. The Morgan fingerprint density at radius 1 is 0.960 bits per heavy atom. The Kier molecular flexibility index (Phi) is 4.48. The largest absolute Gasteiger partial charge is 0.474 e. The Morgan fingerprint density at radius 2 is 1.68 bits per heavy atom. The monoisotopic (exact) mass is 461 g/mol. The lowest BCUT2D eigenvalue weighted by Crippen LogP contribution is -2.35. The molecule has 0 saturated carbocycles. The van der Waals surface area contributed by atoms with Crippen LogP contribution in [0.3, 0.4) is 0 Å². The summed E-state index contributed by atoms with van der Waals surface area (Å²) in [6.07, 6.45) is 0.806. The van der Waals surface area contributed by atoms with E-state index in [1.807, 2.05) is 30.3 Å². The van der Waals surface area contributed by atoms with E-state index in [2.05, 4.69) is 59.0 Å². The molecule has 4 heteroatoms. The maximum Gasteiger partial charge on any atom is 0.175 e. The van der Waals surface area contributed by atoms with Crippen molar-refractivity contribution in [2.75, 3.05) is 6.54 Å². The maximum atomic E-state index is 6.28. The fraction of sp³-hybridized carbons (Fsp3) is 0.143. The summed E-state index contributed by atoms with van der Waals surface area (Å²) in [7, 11) is 0. The molecule has 4 rings (SSSR count). The molecule has 0 amide bonds. The van der Waals surface area contributed by atoms with Gasteiger partial charge in [-0.25, -0.2) is 0 Å². The lowest BCUT2D eigenvalue weighted by atomic mass is 9.94. The molecule has 2 nitrogen and oxygen atoms in total. The zero-order chi connectivity index (χ0) is 17.4. The van der Waals surface area contributed by atoms with E-state index in [4.69, 9.17) is 22.1 Å². The van der Waals surface area contributed by atoms with Crippen molar-refractivity contribution in [3.05, 3.63) is 77.3 Å². The van der Waals surface area contributed by atoms with Crippen LogP contribution in [0, 0.1) is 0 Å². The van der Waals surface area contributed by atoms with E-state index >= 15 is 0 Å². The van der Waals surface area contributed by atoms with Crippen molar-refractivity contribution in [3.63, 3.8) is 0 Å². The Morgan fingerprint density at radius 3 is 2.36 bits per heavy atom. The number of ether oxygens (including phenoxy) is 1. The average Bonchev–Trinajstić information content (AvgIpc) is 2.99.